The zero-order valence-corrected chi connectivity index (χ0v) is 13.2. The van der Waals surface area contributed by atoms with Crippen molar-refractivity contribution >= 4 is 5.97 Å². The van der Waals surface area contributed by atoms with E-state index >= 15 is 0 Å². The van der Waals surface area contributed by atoms with Gasteiger partial charge in [-0.25, -0.2) is 4.79 Å². The Morgan fingerprint density at radius 3 is 2.52 bits per heavy atom. The molecule has 1 aliphatic rings. The third kappa shape index (κ3) is 3.60. The highest BCUT2D eigenvalue weighted by Gasteiger charge is 2.26. The van der Waals surface area contributed by atoms with Crippen molar-refractivity contribution in [2.24, 2.45) is 0 Å². The Kier molecular flexibility index (Phi) is 4.74. The van der Waals surface area contributed by atoms with Crippen LogP contribution in [0, 0.1) is 0 Å². The minimum absolute atomic E-state index is 0.0160. The first-order valence-corrected chi connectivity index (χ1v) is 7.89. The minimum atomic E-state index is -0.902. The fourth-order valence-electron chi connectivity index (χ4n) is 3.01. The summed E-state index contributed by atoms with van der Waals surface area (Å²) in [5.74, 6) is -0.902. The van der Waals surface area contributed by atoms with Crippen molar-refractivity contribution in [1.82, 2.24) is 4.90 Å². The normalized spacial score (nSPS) is 20.1. The van der Waals surface area contributed by atoms with Crippen molar-refractivity contribution in [3.8, 4) is 0 Å². The Labute approximate surface area is 136 Å². The number of morpholine rings is 1. The number of rotatable bonds is 4. The van der Waals surface area contributed by atoms with Crippen LogP contribution in [0.2, 0.25) is 0 Å². The maximum atomic E-state index is 10.9. The van der Waals surface area contributed by atoms with Crippen LogP contribution in [-0.4, -0.2) is 35.7 Å². The van der Waals surface area contributed by atoms with E-state index in [1.807, 2.05) is 18.2 Å². The van der Waals surface area contributed by atoms with E-state index in [-0.39, 0.29) is 6.10 Å². The van der Waals surface area contributed by atoms with Crippen LogP contribution < -0.4 is 0 Å². The van der Waals surface area contributed by atoms with Crippen LogP contribution in [0.5, 0.6) is 0 Å². The molecular weight excluding hydrogens is 290 g/mol. The van der Waals surface area contributed by atoms with Gasteiger partial charge in [0, 0.05) is 19.1 Å². The summed E-state index contributed by atoms with van der Waals surface area (Å²) >= 11 is 0. The highest BCUT2D eigenvalue weighted by molar-refractivity contribution is 5.87. The van der Waals surface area contributed by atoms with Gasteiger partial charge >= 0.3 is 5.97 Å². The van der Waals surface area contributed by atoms with Crippen molar-refractivity contribution in [3.05, 3.63) is 71.3 Å². The monoisotopic (exact) mass is 311 g/mol. The van der Waals surface area contributed by atoms with Crippen LogP contribution in [0.15, 0.2) is 54.6 Å². The number of carboxylic acids is 1. The number of benzene rings is 2. The quantitative estimate of drug-likeness (QED) is 0.938. The Bertz CT molecular complexity index is 654. The summed E-state index contributed by atoms with van der Waals surface area (Å²) in [4.78, 5) is 13.4. The number of carbonyl (C=O) groups is 1. The Balaban J connectivity index is 1.71. The van der Waals surface area contributed by atoms with Gasteiger partial charge in [-0.05, 0) is 30.2 Å². The molecule has 0 aromatic heterocycles. The van der Waals surface area contributed by atoms with Gasteiger partial charge in [0.25, 0.3) is 0 Å². The van der Waals surface area contributed by atoms with Crippen molar-refractivity contribution in [1.29, 1.82) is 0 Å². The second kappa shape index (κ2) is 6.94. The lowest BCUT2D eigenvalue weighted by atomic mass is 10.0. The van der Waals surface area contributed by atoms with E-state index in [4.69, 9.17) is 9.84 Å². The number of ether oxygens (including phenoxy) is 1. The van der Waals surface area contributed by atoms with Gasteiger partial charge in [-0.1, -0.05) is 42.5 Å². The van der Waals surface area contributed by atoms with Crippen LogP contribution in [-0.2, 0) is 4.74 Å². The van der Waals surface area contributed by atoms with Crippen LogP contribution in [0.4, 0.5) is 0 Å². The summed E-state index contributed by atoms with van der Waals surface area (Å²) in [6, 6.07) is 17.8. The number of carboxylic acid groups (broad SMARTS) is 1. The third-order valence-electron chi connectivity index (χ3n) is 4.46. The van der Waals surface area contributed by atoms with Crippen LogP contribution >= 0.6 is 0 Å². The van der Waals surface area contributed by atoms with Crippen molar-refractivity contribution < 1.29 is 14.6 Å². The molecule has 0 amide bonds. The van der Waals surface area contributed by atoms with Crippen molar-refractivity contribution in [2.75, 3.05) is 19.7 Å². The van der Waals surface area contributed by atoms with E-state index in [2.05, 4.69) is 36.1 Å². The van der Waals surface area contributed by atoms with Gasteiger partial charge in [0.05, 0.1) is 18.3 Å². The molecule has 0 aliphatic carbocycles. The first-order chi connectivity index (χ1) is 11.1. The molecule has 3 rings (SSSR count). The Hall–Kier alpha value is -2.17. The molecule has 1 heterocycles. The molecule has 1 aliphatic heterocycles. The van der Waals surface area contributed by atoms with Gasteiger partial charge in [0.2, 0.25) is 0 Å². The summed E-state index contributed by atoms with van der Waals surface area (Å²) in [6.45, 7) is 4.61. The molecular formula is C19H21NO3. The van der Waals surface area contributed by atoms with Crippen LogP contribution in [0.25, 0.3) is 0 Å². The summed E-state index contributed by atoms with van der Waals surface area (Å²) in [6.07, 6.45) is -0.0160. The third-order valence-corrected chi connectivity index (χ3v) is 4.46. The lowest BCUT2D eigenvalue weighted by molar-refractivity contribution is -0.0431. The molecule has 2 aromatic rings. The maximum Gasteiger partial charge on any atom is 0.335 e. The molecule has 120 valence electrons. The molecule has 1 N–H and O–H groups in total. The number of aromatic carboxylic acids is 1. The average molecular weight is 311 g/mol. The van der Waals surface area contributed by atoms with Crippen LogP contribution in [0.1, 0.15) is 40.6 Å². The Morgan fingerprint density at radius 1 is 1.17 bits per heavy atom. The van der Waals surface area contributed by atoms with Gasteiger partial charge in [0.1, 0.15) is 0 Å². The first kappa shape index (κ1) is 15.7. The summed E-state index contributed by atoms with van der Waals surface area (Å²) in [5.41, 5.74) is 2.63. The zero-order valence-electron chi connectivity index (χ0n) is 13.2. The van der Waals surface area contributed by atoms with Gasteiger partial charge in [-0.3, -0.25) is 4.90 Å². The topological polar surface area (TPSA) is 49.8 Å². The second-order valence-electron chi connectivity index (χ2n) is 5.87. The predicted molar refractivity (Wildman–Crippen MR) is 88.5 cm³/mol. The molecule has 0 saturated carbocycles. The van der Waals surface area contributed by atoms with E-state index in [0.29, 0.717) is 18.2 Å². The molecule has 1 saturated heterocycles. The molecule has 0 bridgehead atoms. The van der Waals surface area contributed by atoms with Crippen molar-refractivity contribution in [2.45, 2.75) is 19.1 Å². The van der Waals surface area contributed by atoms with Gasteiger partial charge in [-0.15, -0.1) is 0 Å². The number of hydrogen-bond donors (Lipinski definition) is 1. The van der Waals surface area contributed by atoms with E-state index in [1.165, 1.54) is 5.56 Å². The minimum Gasteiger partial charge on any atom is -0.478 e. The van der Waals surface area contributed by atoms with E-state index in [9.17, 15) is 4.79 Å². The van der Waals surface area contributed by atoms with E-state index < -0.39 is 5.97 Å². The molecule has 1 fully saturated rings. The largest absolute Gasteiger partial charge is 0.478 e. The fraction of sp³-hybridized carbons (Fsp3) is 0.316. The lowest BCUT2D eigenvalue weighted by Gasteiger charge is -2.37. The molecule has 4 nitrogen and oxygen atoms in total. The zero-order chi connectivity index (χ0) is 16.2. The summed E-state index contributed by atoms with van der Waals surface area (Å²) in [7, 11) is 0. The lowest BCUT2D eigenvalue weighted by Crippen LogP contribution is -2.39. The maximum absolute atomic E-state index is 10.9. The smallest absolute Gasteiger partial charge is 0.335 e. The second-order valence-corrected chi connectivity index (χ2v) is 5.87. The summed E-state index contributed by atoms with van der Waals surface area (Å²) in [5, 5.41) is 8.99. The molecule has 0 radical (unpaired) electrons. The SMILES string of the molecule is CC(c1ccccc1)N1CCO[C@@H](c2ccc(C(=O)O)cc2)C1. The first-order valence-electron chi connectivity index (χ1n) is 7.89. The standard InChI is InChI=1S/C19H21NO3/c1-14(15-5-3-2-4-6-15)20-11-12-23-18(13-20)16-7-9-17(10-8-16)19(21)22/h2-10,14,18H,11-13H2,1H3,(H,21,22)/t14?,18-/m1/s1. The molecule has 2 atom stereocenters. The average Bonchev–Trinajstić information content (AvgIpc) is 2.62. The van der Waals surface area contributed by atoms with Crippen molar-refractivity contribution in [3.63, 3.8) is 0 Å². The van der Waals surface area contributed by atoms with Gasteiger partial charge in [0.15, 0.2) is 0 Å². The molecule has 1 unspecified atom stereocenters. The Morgan fingerprint density at radius 2 is 1.87 bits per heavy atom. The number of nitrogens with zero attached hydrogens (tertiary/aromatic N) is 1. The van der Waals surface area contributed by atoms with Gasteiger partial charge < -0.3 is 9.84 Å². The molecule has 4 heteroatoms. The highest BCUT2D eigenvalue weighted by atomic mass is 16.5. The van der Waals surface area contributed by atoms with Crippen LogP contribution in [0.3, 0.4) is 0 Å². The molecule has 23 heavy (non-hydrogen) atoms. The fourth-order valence-corrected chi connectivity index (χ4v) is 3.01. The number of hydrogen-bond acceptors (Lipinski definition) is 3. The summed E-state index contributed by atoms with van der Waals surface area (Å²) < 4.78 is 5.89. The van der Waals surface area contributed by atoms with E-state index in [1.54, 1.807) is 12.1 Å². The van der Waals surface area contributed by atoms with Gasteiger partial charge in [-0.2, -0.15) is 0 Å². The highest BCUT2D eigenvalue weighted by Crippen LogP contribution is 2.28. The molecule has 2 aromatic carbocycles. The van der Waals surface area contributed by atoms with E-state index in [0.717, 1.165) is 18.7 Å². The molecule has 0 spiro atoms. The predicted octanol–water partition coefficient (Wildman–Crippen LogP) is 3.52.